The summed E-state index contributed by atoms with van der Waals surface area (Å²) in [6.45, 7) is 0. The lowest BCUT2D eigenvalue weighted by molar-refractivity contribution is 0.207. The summed E-state index contributed by atoms with van der Waals surface area (Å²) in [5.41, 5.74) is 0. The third-order valence-electron chi connectivity index (χ3n) is 3.99. The summed E-state index contributed by atoms with van der Waals surface area (Å²) in [5, 5.41) is 0.468. The van der Waals surface area contributed by atoms with Crippen molar-refractivity contribution in [1.82, 2.24) is 0 Å². The molecule has 2 aliphatic rings. The highest BCUT2D eigenvalue weighted by Gasteiger charge is 2.33. The molecule has 0 amide bonds. The van der Waals surface area contributed by atoms with Crippen LogP contribution in [0.15, 0.2) is 0 Å². The molecule has 0 N–H and O–H groups in total. The Kier molecular flexibility index (Phi) is 4.19. The zero-order valence-corrected chi connectivity index (χ0v) is 11.1. The highest BCUT2D eigenvalue weighted by atomic mass is 79.9. The summed E-state index contributed by atoms with van der Waals surface area (Å²) >= 11 is 10.1. The highest BCUT2D eigenvalue weighted by Crippen LogP contribution is 2.42. The Hall–Kier alpha value is 0.770. The lowest BCUT2D eigenvalue weighted by Gasteiger charge is -2.37. The smallest absolute Gasteiger partial charge is 0.0338 e. The SMILES string of the molecule is ClC1CCCC(C2CCCCC2Br)C1. The molecule has 0 radical (unpaired) electrons. The van der Waals surface area contributed by atoms with Crippen LogP contribution >= 0.6 is 27.5 Å². The average Bonchev–Trinajstić information content (AvgIpc) is 2.18. The van der Waals surface area contributed by atoms with Crippen LogP contribution in [0.5, 0.6) is 0 Å². The monoisotopic (exact) mass is 278 g/mol. The van der Waals surface area contributed by atoms with Gasteiger partial charge in [0.25, 0.3) is 0 Å². The van der Waals surface area contributed by atoms with Crippen LogP contribution in [0.2, 0.25) is 0 Å². The first-order valence-electron chi connectivity index (χ1n) is 6.05. The van der Waals surface area contributed by atoms with E-state index in [1.54, 1.807) is 0 Å². The van der Waals surface area contributed by atoms with Gasteiger partial charge in [-0.3, -0.25) is 0 Å². The molecular formula is C12H20BrCl. The number of rotatable bonds is 1. The van der Waals surface area contributed by atoms with Crippen molar-refractivity contribution < 1.29 is 0 Å². The quantitative estimate of drug-likeness (QED) is 0.608. The van der Waals surface area contributed by atoms with Crippen LogP contribution in [-0.2, 0) is 0 Å². The molecule has 0 bridgehead atoms. The maximum Gasteiger partial charge on any atom is 0.0338 e. The van der Waals surface area contributed by atoms with Gasteiger partial charge in [0.2, 0.25) is 0 Å². The van der Waals surface area contributed by atoms with Crippen LogP contribution in [0.3, 0.4) is 0 Å². The molecule has 82 valence electrons. The first kappa shape index (κ1) is 11.3. The minimum atomic E-state index is 0.468. The molecule has 0 aromatic carbocycles. The fourth-order valence-electron chi connectivity index (χ4n) is 3.20. The van der Waals surface area contributed by atoms with Gasteiger partial charge in [0.1, 0.15) is 0 Å². The van der Waals surface area contributed by atoms with Crippen molar-refractivity contribution in [3.05, 3.63) is 0 Å². The lowest BCUT2D eigenvalue weighted by Crippen LogP contribution is -2.31. The maximum atomic E-state index is 6.26. The Labute approximate surface area is 101 Å². The summed E-state index contributed by atoms with van der Waals surface area (Å²) in [5.74, 6) is 1.83. The summed E-state index contributed by atoms with van der Waals surface area (Å²) in [4.78, 5) is 0.781. The van der Waals surface area contributed by atoms with Crippen molar-refractivity contribution in [2.75, 3.05) is 0 Å². The molecule has 0 saturated heterocycles. The Balaban J connectivity index is 1.91. The minimum Gasteiger partial charge on any atom is -0.123 e. The first-order chi connectivity index (χ1) is 6.77. The van der Waals surface area contributed by atoms with E-state index in [0.29, 0.717) is 5.38 Å². The van der Waals surface area contributed by atoms with Crippen LogP contribution in [-0.4, -0.2) is 10.2 Å². The van der Waals surface area contributed by atoms with E-state index >= 15 is 0 Å². The van der Waals surface area contributed by atoms with Gasteiger partial charge in [-0.25, -0.2) is 0 Å². The van der Waals surface area contributed by atoms with Gasteiger partial charge >= 0.3 is 0 Å². The molecule has 2 rings (SSSR count). The van der Waals surface area contributed by atoms with Gasteiger partial charge in [0.05, 0.1) is 0 Å². The number of hydrogen-bond donors (Lipinski definition) is 0. The second-order valence-electron chi connectivity index (χ2n) is 4.99. The summed E-state index contributed by atoms with van der Waals surface area (Å²) in [6, 6.07) is 0. The molecule has 0 aromatic rings. The van der Waals surface area contributed by atoms with E-state index in [-0.39, 0.29) is 0 Å². The van der Waals surface area contributed by atoms with Gasteiger partial charge in [-0.05, 0) is 37.5 Å². The molecule has 0 nitrogen and oxygen atoms in total. The molecule has 2 heteroatoms. The zero-order valence-electron chi connectivity index (χ0n) is 8.72. The largest absolute Gasteiger partial charge is 0.123 e. The van der Waals surface area contributed by atoms with Crippen LogP contribution in [0.4, 0.5) is 0 Å². The second kappa shape index (κ2) is 5.21. The van der Waals surface area contributed by atoms with Crippen molar-refractivity contribution in [2.24, 2.45) is 11.8 Å². The lowest BCUT2D eigenvalue weighted by atomic mass is 9.73. The molecule has 4 atom stereocenters. The Morgan fingerprint density at radius 3 is 2.43 bits per heavy atom. The number of hydrogen-bond acceptors (Lipinski definition) is 0. The zero-order chi connectivity index (χ0) is 9.97. The number of alkyl halides is 2. The van der Waals surface area contributed by atoms with E-state index in [1.165, 1.54) is 51.4 Å². The molecule has 14 heavy (non-hydrogen) atoms. The van der Waals surface area contributed by atoms with Crippen LogP contribution in [0.1, 0.15) is 51.4 Å². The van der Waals surface area contributed by atoms with Crippen LogP contribution in [0.25, 0.3) is 0 Å². The first-order valence-corrected chi connectivity index (χ1v) is 7.40. The Morgan fingerprint density at radius 1 is 0.929 bits per heavy atom. The average molecular weight is 280 g/mol. The summed E-state index contributed by atoms with van der Waals surface area (Å²) < 4.78 is 0. The van der Waals surface area contributed by atoms with Gasteiger partial charge in [-0.2, -0.15) is 0 Å². The summed E-state index contributed by atoms with van der Waals surface area (Å²) in [7, 11) is 0. The Morgan fingerprint density at radius 2 is 1.71 bits per heavy atom. The predicted molar refractivity (Wildman–Crippen MR) is 66.3 cm³/mol. The highest BCUT2D eigenvalue weighted by molar-refractivity contribution is 9.09. The van der Waals surface area contributed by atoms with E-state index in [2.05, 4.69) is 15.9 Å². The molecular weight excluding hydrogens is 259 g/mol. The Bertz CT molecular complexity index is 183. The van der Waals surface area contributed by atoms with E-state index < -0.39 is 0 Å². The molecule has 2 aliphatic carbocycles. The van der Waals surface area contributed by atoms with Gasteiger partial charge in [0, 0.05) is 10.2 Å². The van der Waals surface area contributed by atoms with Crippen LogP contribution < -0.4 is 0 Å². The van der Waals surface area contributed by atoms with Crippen molar-refractivity contribution in [1.29, 1.82) is 0 Å². The fourth-order valence-corrected chi connectivity index (χ4v) is 4.60. The molecule has 2 saturated carbocycles. The molecule has 0 heterocycles. The molecule has 4 unspecified atom stereocenters. The van der Waals surface area contributed by atoms with E-state index in [0.717, 1.165) is 16.7 Å². The normalized spacial score (nSPS) is 45.0. The summed E-state index contributed by atoms with van der Waals surface area (Å²) in [6.07, 6.45) is 11.0. The van der Waals surface area contributed by atoms with Gasteiger partial charge in [0.15, 0.2) is 0 Å². The van der Waals surface area contributed by atoms with Gasteiger partial charge < -0.3 is 0 Å². The van der Waals surface area contributed by atoms with Gasteiger partial charge in [-0.1, -0.05) is 41.6 Å². The van der Waals surface area contributed by atoms with Crippen molar-refractivity contribution in [2.45, 2.75) is 61.6 Å². The predicted octanol–water partition coefficient (Wildman–Crippen LogP) is 4.74. The fraction of sp³-hybridized carbons (Fsp3) is 1.00. The third kappa shape index (κ3) is 2.66. The maximum absolute atomic E-state index is 6.26. The van der Waals surface area contributed by atoms with E-state index in [9.17, 15) is 0 Å². The second-order valence-corrected chi connectivity index (χ2v) is 6.78. The minimum absolute atomic E-state index is 0.468. The van der Waals surface area contributed by atoms with Crippen molar-refractivity contribution in [3.63, 3.8) is 0 Å². The molecule has 2 fully saturated rings. The standard InChI is InChI=1S/C12H20BrCl/c13-12-7-2-1-6-11(12)9-4-3-5-10(14)8-9/h9-12H,1-8H2. The van der Waals surface area contributed by atoms with E-state index in [1.807, 2.05) is 0 Å². The van der Waals surface area contributed by atoms with E-state index in [4.69, 9.17) is 11.6 Å². The topological polar surface area (TPSA) is 0 Å². The van der Waals surface area contributed by atoms with Gasteiger partial charge in [-0.15, -0.1) is 11.6 Å². The molecule has 0 aromatic heterocycles. The van der Waals surface area contributed by atoms with Crippen LogP contribution in [0, 0.1) is 11.8 Å². The number of halogens is 2. The van der Waals surface area contributed by atoms with Crippen molar-refractivity contribution >= 4 is 27.5 Å². The van der Waals surface area contributed by atoms with Crippen molar-refractivity contribution in [3.8, 4) is 0 Å². The third-order valence-corrected chi connectivity index (χ3v) is 5.52. The molecule has 0 aliphatic heterocycles. The molecule has 0 spiro atoms.